The summed E-state index contributed by atoms with van der Waals surface area (Å²) in [4.78, 5) is 10.7. The van der Waals surface area contributed by atoms with Gasteiger partial charge in [-0.25, -0.2) is 0 Å². The molecule has 0 unspecified atom stereocenters. The van der Waals surface area contributed by atoms with Gasteiger partial charge in [0, 0.05) is 0 Å². The van der Waals surface area contributed by atoms with Crippen molar-refractivity contribution in [1.29, 1.82) is 0 Å². The summed E-state index contributed by atoms with van der Waals surface area (Å²) in [6, 6.07) is 7.36. The van der Waals surface area contributed by atoms with Crippen molar-refractivity contribution in [1.82, 2.24) is 5.32 Å². The molecule has 1 aliphatic heterocycles. The number of piperidine rings is 1. The molecule has 104 valence electrons. The number of carboxylic acids is 1. The van der Waals surface area contributed by atoms with Crippen LogP contribution in [0.4, 0.5) is 0 Å². The van der Waals surface area contributed by atoms with Crippen LogP contribution in [0.2, 0.25) is 0 Å². The molecule has 1 aliphatic rings. The van der Waals surface area contributed by atoms with E-state index in [0.717, 1.165) is 36.7 Å². The molecular weight excluding hydrogens is 242 g/mol. The molecular formula is C15H21NO3. The number of hydrogen-bond donors (Lipinski definition) is 2. The summed E-state index contributed by atoms with van der Waals surface area (Å²) in [5.74, 6) is 0.711. The van der Waals surface area contributed by atoms with Crippen LogP contribution in [-0.4, -0.2) is 30.8 Å². The lowest BCUT2D eigenvalue weighted by Crippen LogP contribution is -2.28. The Bertz CT molecular complexity index is 414. The van der Waals surface area contributed by atoms with Gasteiger partial charge in [-0.05, 0) is 56.0 Å². The van der Waals surface area contributed by atoms with Crippen LogP contribution in [-0.2, 0) is 11.2 Å². The van der Waals surface area contributed by atoms with E-state index in [9.17, 15) is 4.79 Å². The summed E-state index contributed by atoms with van der Waals surface area (Å²) in [5, 5.41) is 12.1. The third kappa shape index (κ3) is 4.91. The van der Waals surface area contributed by atoms with Gasteiger partial charge >= 0.3 is 5.97 Å². The molecule has 1 heterocycles. The number of hydrogen-bond acceptors (Lipinski definition) is 3. The minimum absolute atomic E-state index is 0.0471. The Morgan fingerprint density at radius 2 is 2.16 bits per heavy atom. The molecule has 1 fully saturated rings. The third-order valence-corrected chi connectivity index (χ3v) is 3.51. The van der Waals surface area contributed by atoms with Crippen LogP contribution in [0.15, 0.2) is 24.3 Å². The fourth-order valence-corrected chi connectivity index (χ4v) is 2.43. The van der Waals surface area contributed by atoms with Gasteiger partial charge < -0.3 is 15.2 Å². The molecule has 0 amide bonds. The highest BCUT2D eigenvalue weighted by Crippen LogP contribution is 2.18. The first-order chi connectivity index (χ1) is 9.24. The molecule has 1 aromatic carbocycles. The van der Waals surface area contributed by atoms with Crippen LogP contribution in [0.1, 0.15) is 24.8 Å². The Labute approximate surface area is 113 Å². The fraction of sp³-hybridized carbons (Fsp3) is 0.533. The first-order valence-corrected chi connectivity index (χ1v) is 6.88. The lowest BCUT2D eigenvalue weighted by Gasteiger charge is -2.22. The van der Waals surface area contributed by atoms with Crippen molar-refractivity contribution < 1.29 is 14.6 Å². The summed E-state index contributed by atoms with van der Waals surface area (Å²) < 4.78 is 5.72. The minimum Gasteiger partial charge on any atom is -0.494 e. The number of aliphatic carboxylic acids is 1. The number of benzene rings is 1. The predicted molar refractivity (Wildman–Crippen MR) is 73.5 cm³/mol. The van der Waals surface area contributed by atoms with Crippen LogP contribution in [0.3, 0.4) is 0 Å². The van der Waals surface area contributed by atoms with Crippen molar-refractivity contribution in [3.63, 3.8) is 0 Å². The van der Waals surface area contributed by atoms with Gasteiger partial charge in [0.05, 0.1) is 13.0 Å². The fourth-order valence-electron chi connectivity index (χ4n) is 2.43. The number of nitrogens with one attached hydrogen (secondary N) is 1. The van der Waals surface area contributed by atoms with Crippen molar-refractivity contribution in [2.75, 3.05) is 19.7 Å². The van der Waals surface area contributed by atoms with Crippen LogP contribution >= 0.6 is 0 Å². The first-order valence-electron chi connectivity index (χ1n) is 6.88. The molecule has 0 saturated carbocycles. The van der Waals surface area contributed by atoms with E-state index < -0.39 is 5.97 Å². The Hall–Kier alpha value is -1.55. The van der Waals surface area contributed by atoms with Gasteiger partial charge in [-0.2, -0.15) is 0 Å². The first kappa shape index (κ1) is 13.9. The highest BCUT2D eigenvalue weighted by atomic mass is 16.5. The van der Waals surface area contributed by atoms with E-state index in [0.29, 0.717) is 6.61 Å². The summed E-state index contributed by atoms with van der Waals surface area (Å²) in [6.07, 6.45) is 3.57. The zero-order valence-corrected chi connectivity index (χ0v) is 11.1. The lowest BCUT2D eigenvalue weighted by atomic mass is 9.95. The molecule has 4 nitrogen and oxygen atoms in total. The SMILES string of the molecule is O=C(O)Cc1cccc(OCCC2CCNCC2)c1. The topological polar surface area (TPSA) is 58.6 Å². The van der Waals surface area contributed by atoms with E-state index in [1.54, 1.807) is 0 Å². The van der Waals surface area contributed by atoms with Crippen molar-refractivity contribution in [3.8, 4) is 5.75 Å². The Morgan fingerprint density at radius 1 is 1.37 bits per heavy atom. The average Bonchev–Trinajstić information content (AvgIpc) is 2.40. The largest absolute Gasteiger partial charge is 0.494 e. The Morgan fingerprint density at radius 3 is 2.89 bits per heavy atom. The van der Waals surface area contributed by atoms with E-state index in [4.69, 9.17) is 9.84 Å². The number of rotatable bonds is 6. The molecule has 0 atom stereocenters. The maximum atomic E-state index is 10.7. The highest BCUT2D eigenvalue weighted by Gasteiger charge is 2.12. The molecule has 0 spiro atoms. The maximum Gasteiger partial charge on any atom is 0.307 e. The van der Waals surface area contributed by atoms with Crippen molar-refractivity contribution >= 4 is 5.97 Å². The molecule has 2 N–H and O–H groups in total. The van der Waals surface area contributed by atoms with Gasteiger partial charge in [0.15, 0.2) is 0 Å². The normalized spacial score (nSPS) is 16.2. The second-order valence-electron chi connectivity index (χ2n) is 5.05. The van der Waals surface area contributed by atoms with Gasteiger partial charge in [0.2, 0.25) is 0 Å². The summed E-state index contributed by atoms with van der Waals surface area (Å²) in [6.45, 7) is 2.93. The average molecular weight is 263 g/mol. The van der Waals surface area contributed by atoms with Gasteiger partial charge in [-0.3, -0.25) is 4.79 Å². The van der Waals surface area contributed by atoms with Crippen LogP contribution in [0, 0.1) is 5.92 Å². The zero-order valence-electron chi connectivity index (χ0n) is 11.1. The highest BCUT2D eigenvalue weighted by molar-refractivity contribution is 5.70. The van der Waals surface area contributed by atoms with Gasteiger partial charge in [-0.15, -0.1) is 0 Å². The van der Waals surface area contributed by atoms with E-state index in [1.165, 1.54) is 12.8 Å². The van der Waals surface area contributed by atoms with Crippen LogP contribution in [0.25, 0.3) is 0 Å². The summed E-state index contributed by atoms with van der Waals surface area (Å²) in [5.41, 5.74) is 0.784. The maximum absolute atomic E-state index is 10.7. The summed E-state index contributed by atoms with van der Waals surface area (Å²) in [7, 11) is 0. The molecule has 4 heteroatoms. The predicted octanol–water partition coefficient (Wildman–Crippen LogP) is 2.08. The molecule has 0 bridgehead atoms. The number of carboxylic acid groups (broad SMARTS) is 1. The van der Waals surface area contributed by atoms with Crippen molar-refractivity contribution in [3.05, 3.63) is 29.8 Å². The Balaban J connectivity index is 1.77. The summed E-state index contributed by atoms with van der Waals surface area (Å²) >= 11 is 0. The van der Waals surface area contributed by atoms with Gasteiger partial charge in [0.25, 0.3) is 0 Å². The van der Waals surface area contributed by atoms with Crippen molar-refractivity contribution in [2.24, 2.45) is 5.92 Å². The standard InChI is InChI=1S/C15H21NO3/c17-15(18)11-13-2-1-3-14(10-13)19-9-6-12-4-7-16-8-5-12/h1-3,10,12,16H,4-9,11H2,(H,17,18). The Kier molecular flexibility index (Phi) is 5.21. The molecule has 19 heavy (non-hydrogen) atoms. The molecule has 0 aliphatic carbocycles. The third-order valence-electron chi connectivity index (χ3n) is 3.51. The monoisotopic (exact) mass is 263 g/mol. The van der Waals surface area contributed by atoms with E-state index in [-0.39, 0.29) is 6.42 Å². The van der Waals surface area contributed by atoms with Crippen LogP contribution < -0.4 is 10.1 Å². The van der Waals surface area contributed by atoms with E-state index >= 15 is 0 Å². The lowest BCUT2D eigenvalue weighted by molar-refractivity contribution is -0.136. The second-order valence-corrected chi connectivity index (χ2v) is 5.05. The van der Waals surface area contributed by atoms with Gasteiger partial charge in [0.1, 0.15) is 5.75 Å². The molecule has 0 aromatic heterocycles. The van der Waals surface area contributed by atoms with Crippen molar-refractivity contribution in [2.45, 2.75) is 25.7 Å². The minimum atomic E-state index is -0.813. The second kappa shape index (κ2) is 7.14. The number of carbonyl (C=O) groups is 1. The number of ether oxygens (including phenoxy) is 1. The quantitative estimate of drug-likeness (QED) is 0.825. The smallest absolute Gasteiger partial charge is 0.307 e. The molecule has 1 aromatic rings. The molecule has 0 radical (unpaired) electrons. The van der Waals surface area contributed by atoms with E-state index in [1.807, 2.05) is 24.3 Å². The van der Waals surface area contributed by atoms with Crippen LogP contribution in [0.5, 0.6) is 5.75 Å². The molecule has 1 saturated heterocycles. The van der Waals surface area contributed by atoms with E-state index in [2.05, 4.69) is 5.32 Å². The van der Waals surface area contributed by atoms with Gasteiger partial charge in [-0.1, -0.05) is 12.1 Å². The molecule has 2 rings (SSSR count). The zero-order chi connectivity index (χ0) is 13.5.